The Morgan fingerprint density at radius 2 is 2.30 bits per heavy atom. The van der Waals surface area contributed by atoms with Crippen molar-refractivity contribution in [3.05, 3.63) is 46.6 Å². The van der Waals surface area contributed by atoms with Gasteiger partial charge in [0.25, 0.3) is 5.91 Å². The monoisotopic (exact) mass is 287 g/mol. The molecular formula is C13H13N5OS. The van der Waals surface area contributed by atoms with Gasteiger partial charge in [0, 0.05) is 18.6 Å². The molecular weight excluding hydrogens is 274 g/mol. The maximum atomic E-state index is 12.2. The molecule has 0 saturated heterocycles. The van der Waals surface area contributed by atoms with Crippen LogP contribution in [0, 0.1) is 4.77 Å². The third kappa shape index (κ3) is 2.12. The zero-order chi connectivity index (χ0) is 14.1. The zero-order valence-corrected chi connectivity index (χ0v) is 11.6. The van der Waals surface area contributed by atoms with Gasteiger partial charge in [0.15, 0.2) is 10.6 Å². The first kappa shape index (κ1) is 12.6. The van der Waals surface area contributed by atoms with Crippen molar-refractivity contribution in [3.8, 4) is 0 Å². The van der Waals surface area contributed by atoms with Crippen LogP contribution in [-0.4, -0.2) is 25.7 Å². The molecule has 2 aromatic heterocycles. The Morgan fingerprint density at radius 1 is 1.45 bits per heavy atom. The lowest BCUT2D eigenvalue weighted by Gasteiger charge is -2.05. The quantitative estimate of drug-likeness (QED) is 0.644. The number of H-pyrrole nitrogens is 2. The minimum Gasteiger partial charge on any atom is -0.361 e. The highest BCUT2D eigenvalue weighted by atomic mass is 32.1. The third-order valence-corrected chi connectivity index (χ3v) is 3.58. The molecule has 20 heavy (non-hydrogen) atoms. The second kappa shape index (κ2) is 4.93. The number of nitrogens with one attached hydrogen (secondary N) is 3. The van der Waals surface area contributed by atoms with Gasteiger partial charge in [-0.3, -0.25) is 9.89 Å². The van der Waals surface area contributed by atoms with Crippen molar-refractivity contribution in [2.45, 2.75) is 6.54 Å². The number of fused-ring (bicyclic) bond motifs is 1. The molecule has 0 aliphatic carbocycles. The van der Waals surface area contributed by atoms with E-state index in [0.717, 1.165) is 10.9 Å². The highest BCUT2D eigenvalue weighted by molar-refractivity contribution is 7.71. The number of hydrogen-bond acceptors (Lipinski definition) is 3. The van der Waals surface area contributed by atoms with Crippen LogP contribution < -0.4 is 5.32 Å². The molecule has 102 valence electrons. The third-order valence-electron chi connectivity index (χ3n) is 3.21. The maximum Gasteiger partial charge on any atom is 0.253 e. The molecule has 0 fully saturated rings. The van der Waals surface area contributed by atoms with Crippen molar-refractivity contribution in [2.24, 2.45) is 7.05 Å². The van der Waals surface area contributed by atoms with Crippen LogP contribution >= 0.6 is 12.2 Å². The van der Waals surface area contributed by atoms with Crippen LogP contribution in [-0.2, 0) is 13.6 Å². The number of rotatable bonds is 3. The lowest BCUT2D eigenvalue weighted by atomic mass is 10.1. The molecule has 0 atom stereocenters. The van der Waals surface area contributed by atoms with Crippen molar-refractivity contribution >= 4 is 29.0 Å². The standard InChI is InChI=1S/C13H13N5OS/c1-18-10(16-17-13(18)20)7-15-12(19)9-4-2-3-8-5-6-14-11(8)9/h2-6,14H,7H2,1H3,(H,15,19)(H,17,20). The average molecular weight is 287 g/mol. The Kier molecular flexibility index (Phi) is 3.11. The van der Waals surface area contributed by atoms with E-state index >= 15 is 0 Å². The molecule has 0 aliphatic heterocycles. The number of nitrogens with zero attached hydrogens (tertiary/aromatic N) is 2. The van der Waals surface area contributed by atoms with E-state index in [9.17, 15) is 4.79 Å². The number of carbonyl (C=O) groups is 1. The van der Waals surface area contributed by atoms with Crippen LogP contribution in [0.1, 0.15) is 16.2 Å². The fraction of sp³-hybridized carbons (Fsp3) is 0.154. The average Bonchev–Trinajstić information content (AvgIpc) is 3.04. The largest absolute Gasteiger partial charge is 0.361 e. The molecule has 0 saturated carbocycles. The van der Waals surface area contributed by atoms with Gasteiger partial charge in [-0.05, 0) is 24.4 Å². The highest BCUT2D eigenvalue weighted by Gasteiger charge is 2.11. The van der Waals surface area contributed by atoms with Gasteiger partial charge in [0.05, 0.1) is 17.6 Å². The molecule has 7 heteroatoms. The summed E-state index contributed by atoms with van der Waals surface area (Å²) in [7, 11) is 1.80. The summed E-state index contributed by atoms with van der Waals surface area (Å²) >= 11 is 5.03. The lowest BCUT2D eigenvalue weighted by Crippen LogP contribution is -2.24. The van der Waals surface area contributed by atoms with E-state index in [1.807, 2.05) is 24.4 Å². The second-order valence-electron chi connectivity index (χ2n) is 4.43. The van der Waals surface area contributed by atoms with Crippen LogP contribution in [0.4, 0.5) is 0 Å². The van der Waals surface area contributed by atoms with Crippen molar-refractivity contribution < 1.29 is 4.79 Å². The van der Waals surface area contributed by atoms with Gasteiger partial charge in [-0.2, -0.15) is 5.10 Å². The molecule has 0 unspecified atom stereocenters. The normalized spacial score (nSPS) is 10.8. The van der Waals surface area contributed by atoms with Gasteiger partial charge in [-0.25, -0.2) is 0 Å². The van der Waals surface area contributed by atoms with E-state index in [0.29, 0.717) is 22.7 Å². The van der Waals surface area contributed by atoms with Crippen LogP contribution in [0.5, 0.6) is 0 Å². The Bertz CT molecular complexity index is 829. The van der Waals surface area contributed by atoms with Gasteiger partial charge < -0.3 is 14.9 Å². The fourth-order valence-corrected chi connectivity index (χ4v) is 2.22. The second-order valence-corrected chi connectivity index (χ2v) is 4.82. The first-order valence-electron chi connectivity index (χ1n) is 6.11. The molecule has 1 amide bonds. The molecule has 0 radical (unpaired) electrons. The smallest absolute Gasteiger partial charge is 0.253 e. The predicted octanol–water partition coefficient (Wildman–Crippen LogP) is 1.89. The molecule has 0 aliphatic rings. The molecule has 3 rings (SSSR count). The first-order valence-corrected chi connectivity index (χ1v) is 6.52. The molecule has 3 aromatic rings. The molecule has 6 nitrogen and oxygen atoms in total. The summed E-state index contributed by atoms with van der Waals surface area (Å²) in [5, 5.41) is 10.6. The number of hydrogen-bond donors (Lipinski definition) is 3. The minimum absolute atomic E-state index is 0.146. The summed E-state index contributed by atoms with van der Waals surface area (Å²) < 4.78 is 2.26. The number of amides is 1. The van der Waals surface area contributed by atoms with E-state index in [1.165, 1.54) is 0 Å². The summed E-state index contributed by atoms with van der Waals surface area (Å²) in [6.45, 7) is 0.319. The zero-order valence-electron chi connectivity index (χ0n) is 10.8. The fourth-order valence-electron chi connectivity index (χ4n) is 2.07. The van der Waals surface area contributed by atoms with Gasteiger partial charge in [-0.1, -0.05) is 12.1 Å². The van der Waals surface area contributed by atoms with E-state index < -0.39 is 0 Å². The lowest BCUT2D eigenvalue weighted by molar-refractivity contribution is 0.0951. The van der Waals surface area contributed by atoms with E-state index in [1.54, 1.807) is 17.7 Å². The van der Waals surface area contributed by atoms with Gasteiger partial charge in [0.2, 0.25) is 0 Å². The summed E-state index contributed by atoms with van der Waals surface area (Å²) in [5.74, 6) is 0.536. The Morgan fingerprint density at radius 3 is 3.05 bits per heavy atom. The van der Waals surface area contributed by atoms with E-state index in [4.69, 9.17) is 12.2 Å². The van der Waals surface area contributed by atoms with Crippen LogP contribution in [0.15, 0.2) is 30.5 Å². The number of para-hydroxylation sites is 1. The molecule has 1 aromatic carbocycles. The Labute approximate surface area is 119 Å². The SMILES string of the molecule is Cn1c(CNC(=O)c2cccc3cc[nH]c23)n[nH]c1=S. The predicted molar refractivity (Wildman–Crippen MR) is 77.9 cm³/mol. The number of aromatic nitrogens is 4. The summed E-state index contributed by atoms with van der Waals surface area (Å²) in [6, 6.07) is 7.54. The van der Waals surface area contributed by atoms with Crippen molar-refractivity contribution in [3.63, 3.8) is 0 Å². The summed E-state index contributed by atoms with van der Waals surface area (Å²) in [6.07, 6.45) is 1.82. The van der Waals surface area contributed by atoms with Gasteiger partial charge in [-0.15, -0.1) is 0 Å². The van der Waals surface area contributed by atoms with Crippen molar-refractivity contribution in [2.75, 3.05) is 0 Å². The molecule has 2 heterocycles. The van der Waals surface area contributed by atoms with E-state index in [2.05, 4.69) is 20.5 Å². The number of aromatic amines is 2. The van der Waals surface area contributed by atoms with Crippen LogP contribution in [0.2, 0.25) is 0 Å². The van der Waals surface area contributed by atoms with Crippen molar-refractivity contribution in [1.82, 2.24) is 25.1 Å². The summed E-state index contributed by atoms with van der Waals surface area (Å²) in [4.78, 5) is 15.3. The number of carbonyl (C=O) groups excluding carboxylic acids is 1. The highest BCUT2D eigenvalue weighted by Crippen LogP contribution is 2.16. The molecule has 0 spiro atoms. The summed E-state index contributed by atoms with van der Waals surface area (Å²) in [5.41, 5.74) is 1.45. The van der Waals surface area contributed by atoms with Gasteiger partial charge in [0.1, 0.15) is 0 Å². The van der Waals surface area contributed by atoms with Crippen molar-refractivity contribution in [1.29, 1.82) is 0 Å². The van der Waals surface area contributed by atoms with Gasteiger partial charge >= 0.3 is 0 Å². The first-order chi connectivity index (χ1) is 9.66. The maximum absolute atomic E-state index is 12.2. The number of benzene rings is 1. The minimum atomic E-state index is -0.146. The Balaban J connectivity index is 1.81. The molecule has 3 N–H and O–H groups in total. The van der Waals surface area contributed by atoms with E-state index in [-0.39, 0.29) is 5.91 Å². The molecule has 0 bridgehead atoms. The van der Waals surface area contributed by atoms with Crippen LogP contribution in [0.25, 0.3) is 10.9 Å². The topological polar surface area (TPSA) is 78.5 Å². The Hall–Kier alpha value is -2.41. The van der Waals surface area contributed by atoms with Crippen LogP contribution in [0.3, 0.4) is 0 Å².